The molecule has 2 aromatic heterocycles. The summed E-state index contributed by atoms with van der Waals surface area (Å²) < 4.78 is 0. The van der Waals surface area contributed by atoms with Crippen LogP contribution < -0.4 is 10.6 Å². The van der Waals surface area contributed by atoms with E-state index in [4.69, 9.17) is 0 Å². The van der Waals surface area contributed by atoms with E-state index in [-0.39, 0.29) is 11.6 Å². The van der Waals surface area contributed by atoms with E-state index in [1.165, 1.54) is 6.20 Å². The van der Waals surface area contributed by atoms with Crippen LogP contribution in [-0.4, -0.2) is 32.4 Å². The third-order valence-electron chi connectivity index (χ3n) is 2.49. The van der Waals surface area contributed by atoms with E-state index >= 15 is 0 Å². The molecule has 7 nitrogen and oxygen atoms in total. The molecule has 0 saturated heterocycles. The number of aryl methyl sites for hydroxylation is 1. The largest absolute Gasteiger partial charge is 0.369 e. The maximum absolute atomic E-state index is 12.0. The van der Waals surface area contributed by atoms with Crippen LogP contribution in [0.4, 0.5) is 5.82 Å². The number of anilines is 1. The van der Waals surface area contributed by atoms with Crippen molar-refractivity contribution in [3.05, 3.63) is 41.9 Å². The molecule has 0 aliphatic rings. The first-order valence-electron chi connectivity index (χ1n) is 6.31. The Balaban J connectivity index is 1.99. The Kier molecular flexibility index (Phi) is 4.54. The average Bonchev–Trinajstić information content (AvgIpc) is 2.45. The van der Waals surface area contributed by atoms with E-state index in [1.54, 1.807) is 25.4 Å². The van der Waals surface area contributed by atoms with Crippen LogP contribution in [0, 0.1) is 6.92 Å². The molecule has 0 aliphatic carbocycles. The summed E-state index contributed by atoms with van der Waals surface area (Å²) in [6.45, 7) is 4.80. The Morgan fingerprint density at radius 1 is 1.30 bits per heavy atom. The van der Waals surface area contributed by atoms with Gasteiger partial charge in [-0.3, -0.25) is 9.78 Å². The highest BCUT2D eigenvalue weighted by Crippen LogP contribution is 2.02. The van der Waals surface area contributed by atoms with Gasteiger partial charge in [0.05, 0.1) is 24.6 Å². The summed E-state index contributed by atoms with van der Waals surface area (Å²) in [4.78, 5) is 28.3. The Bertz CT molecular complexity index is 601. The Hall–Kier alpha value is -2.57. The molecule has 2 N–H and O–H groups in total. The number of nitrogens with one attached hydrogen (secondary N) is 2. The summed E-state index contributed by atoms with van der Waals surface area (Å²) in [6.07, 6.45) is 4.67. The van der Waals surface area contributed by atoms with Crippen molar-refractivity contribution in [3.63, 3.8) is 0 Å². The molecule has 2 heterocycles. The fourth-order valence-electron chi connectivity index (χ4n) is 1.61. The van der Waals surface area contributed by atoms with Crippen molar-refractivity contribution in [1.82, 2.24) is 25.3 Å². The van der Waals surface area contributed by atoms with Crippen LogP contribution in [-0.2, 0) is 6.54 Å². The lowest BCUT2D eigenvalue weighted by Crippen LogP contribution is -2.25. The molecule has 0 unspecified atom stereocenters. The Morgan fingerprint density at radius 2 is 2.15 bits per heavy atom. The van der Waals surface area contributed by atoms with Crippen molar-refractivity contribution in [3.8, 4) is 0 Å². The van der Waals surface area contributed by atoms with Gasteiger partial charge in [-0.25, -0.2) is 15.0 Å². The SMILES string of the molecule is CCNc1cncc(C(=O)NCc2ccnc(C)n2)n1. The lowest BCUT2D eigenvalue weighted by Gasteiger charge is -2.06. The molecular formula is C13H16N6O. The molecule has 0 aromatic carbocycles. The molecular weight excluding hydrogens is 256 g/mol. The first-order chi connectivity index (χ1) is 9.69. The van der Waals surface area contributed by atoms with Gasteiger partial charge in [-0.15, -0.1) is 0 Å². The van der Waals surface area contributed by atoms with E-state index in [2.05, 4.69) is 30.6 Å². The van der Waals surface area contributed by atoms with Gasteiger partial charge in [-0.05, 0) is 19.9 Å². The predicted octanol–water partition coefficient (Wildman–Crippen LogP) is 0.937. The topological polar surface area (TPSA) is 92.7 Å². The number of hydrogen-bond donors (Lipinski definition) is 2. The van der Waals surface area contributed by atoms with Gasteiger partial charge in [0.25, 0.3) is 5.91 Å². The molecule has 20 heavy (non-hydrogen) atoms. The minimum atomic E-state index is -0.284. The van der Waals surface area contributed by atoms with Crippen molar-refractivity contribution in [2.24, 2.45) is 0 Å². The molecule has 0 saturated carbocycles. The minimum absolute atomic E-state index is 0.272. The Morgan fingerprint density at radius 3 is 2.90 bits per heavy atom. The second kappa shape index (κ2) is 6.55. The number of carbonyl (C=O) groups is 1. The van der Waals surface area contributed by atoms with Gasteiger partial charge in [-0.1, -0.05) is 0 Å². The zero-order valence-electron chi connectivity index (χ0n) is 11.4. The zero-order valence-corrected chi connectivity index (χ0v) is 11.4. The summed E-state index contributed by atoms with van der Waals surface area (Å²) in [5, 5.41) is 5.76. The second-order valence-electron chi connectivity index (χ2n) is 4.10. The molecule has 1 amide bonds. The van der Waals surface area contributed by atoms with Crippen LogP contribution in [0.15, 0.2) is 24.7 Å². The molecule has 0 atom stereocenters. The van der Waals surface area contributed by atoms with E-state index in [9.17, 15) is 4.79 Å². The van der Waals surface area contributed by atoms with E-state index in [0.29, 0.717) is 18.2 Å². The monoisotopic (exact) mass is 272 g/mol. The van der Waals surface area contributed by atoms with Gasteiger partial charge < -0.3 is 10.6 Å². The highest BCUT2D eigenvalue weighted by Gasteiger charge is 2.08. The highest BCUT2D eigenvalue weighted by molar-refractivity contribution is 5.92. The minimum Gasteiger partial charge on any atom is -0.369 e. The normalized spacial score (nSPS) is 10.1. The Labute approximate surface area is 116 Å². The number of carbonyl (C=O) groups excluding carboxylic acids is 1. The van der Waals surface area contributed by atoms with Crippen molar-refractivity contribution in [1.29, 1.82) is 0 Å². The van der Waals surface area contributed by atoms with Gasteiger partial charge in [0.2, 0.25) is 0 Å². The average molecular weight is 272 g/mol. The lowest BCUT2D eigenvalue weighted by molar-refractivity contribution is 0.0945. The van der Waals surface area contributed by atoms with Crippen molar-refractivity contribution in [2.75, 3.05) is 11.9 Å². The van der Waals surface area contributed by atoms with Crippen LogP contribution in [0.3, 0.4) is 0 Å². The highest BCUT2D eigenvalue weighted by atomic mass is 16.1. The van der Waals surface area contributed by atoms with Crippen LogP contribution in [0.5, 0.6) is 0 Å². The molecule has 0 aliphatic heterocycles. The number of hydrogen-bond acceptors (Lipinski definition) is 6. The molecule has 7 heteroatoms. The lowest BCUT2D eigenvalue weighted by atomic mass is 10.3. The molecule has 2 rings (SSSR count). The zero-order chi connectivity index (χ0) is 14.4. The standard InChI is InChI=1S/C13H16N6O/c1-3-15-12-8-14-7-11(19-12)13(20)17-6-10-4-5-16-9(2)18-10/h4-5,7-8H,3,6H2,1-2H3,(H,15,19)(H,17,20). The van der Waals surface area contributed by atoms with E-state index < -0.39 is 0 Å². The first-order valence-corrected chi connectivity index (χ1v) is 6.31. The quantitative estimate of drug-likeness (QED) is 0.841. The van der Waals surface area contributed by atoms with Gasteiger partial charge in [0.1, 0.15) is 17.3 Å². The van der Waals surface area contributed by atoms with Gasteiger partial charge >= 0.3 is 0 Å². The molecule has 104 valence electrons. The third kappa shape index (κ3) is 3.71. The molecule has 0 radical (unpaired) electrons. The fraction of sp³-hybridized carbons (Fsp3) is 0.308. The van der Waals surface area contributed by atoms with Crippen molar-refractivity contribution < 1.29 is 4.79 Å². The first kappa shape index (κ1) is 13.9. The summed E-state index contributed by atoms with van der Waals surface area (Å²) >= 11 is 0. The summed E-state index contributed by atoms with van der Waals surface area (Å²) in [6, 6.07) is 1.76. The third-order valence-corrected chi connectivity index (χ3v) is 2.49. The number of rotatable bonds is 5. The van der Waals surface area contributed by atoms with Crippen LogP contribution in [0.1, 0.15) is 28.9 Å². The van der Waals surface area contributed by atoms with Gasteiger partial charge in [-0.2, -0.15) is 0 Å². The molecule has 2 aromatic rings. The van der Waals surface area contributed by atoms with E-state index in [0.717, 1.165) is 12.2 Å². The van der Waals surface area contributed by atoms with Crippen molar-refractivity contribution >= 4 is 11.7 Å². The predicted molar refractivity (Wildman–Crippen MR) is 74.1 cm³/mol. The molecule has 0 spiro atoms. The van der Waals surface area contributed by atoms with Crippen LogP contribution in [0.25, 0.3) is 0 Å². The number of amides is 1. The van der Waals surface area contributed by atoms with Gasteiger partial charge in [0, 0.05) is 12.7 Å². The summed E-state index contributed by atoms with van der Waals surface area (Å²) in [5.41, 5.74) is 1.02. The molecule has 0 fully saturated rings. The van der Waals surface area contributed by atoms with Crippen LogP contribution >= 0.6 is 0 Å². The maximum atomic E-state index is 12.0. The number of nitrogens with zero attached hydrogens (tertiary/aromatic N) is 4. The summed E-state index contributed by atoms with van der Waals surface area (Å²) in [7, 11) is 0. The fourth-order valence-corrected chi connectivity index (χ4v) is 1.61. The second-order valence-corrected chi connectivity index (χ2v) is 4.10. The van der Waals surface area contributed by atoms with Gasteiger partial charge in [0.15, 0.2) is 0 Å². The van der Waals surface area contributed by atoms with Crippen LogP contribution in [0.2, 0.25) is 0 Å². The smallest absolute Gasteiger partial charge is 0.271 e. The number of aromatic nitrogens is 4. The van der Waals surface area contributed by atoms with Crippen molar-refractivity contribution in [2.45, 2.75) is 20.4 Å². The van der Waals surface area contributed by atoms with E-state index in [1.807, 2.05) is 6.92 Å². The molecule has 0 bridgehead atoms. The maximum Gasteiger partial charge on any atom is 0.271 e. The summed E-state index contributed by atoms with van der Waals surface area (Å²) in [5.74, 6) is 0.970.